The topological polar surface area (TPSA) is 40.7 Å². The third kappa shape index (κ3) is 2.80. The molecule has 7 heteroatoms. The van der Waals surface area contributed by atoms with Crippen molar-refractivity contribution in [2.24, 2.45) is 0 Å². The monoisotopic (exact) mass is 311 g/mol. The Morgan fingerprint density at radius 2 is 1.86 bits per heavy atom. The van der Waals surface area contributed by atoms with Gasteiger partial charge in [-0.05, 0) is 30.3 Å². The summed E-state index contributed by atoms with van der Waals surface area (Å²) in [6.45, 7) is 0. The quantitative estimate of drug-likeness (QED) is 0.701. The summed E-state index contributed by atoms with van der Waals surface area (Å²) in [6.07, 6.45) is -4.43. The van der Waals surface area contributed by atoms with Crippen molar-refractivity contribution in [3.8, 4) is 0 Å². The Labute approximate surface area is 122 Å². The molecule has 1 heterocycles. The van der Waals surface area contributed by atoms with Crippen molar-refractivity contribution in [2.45, 2.75) is 6.18 Å². The molecule has 2 N–H and O–H groups in total. The van der Waals surface area contributed by atoms with Crippen LogP contribution in [0.1, 0.15) is 5.56 Å². The van der Waals surface area contributed by atoms with Gasteiger partial charge in [0.1, 0.15) is 0 Å². The first-order valence-corrected chi connectivity index (χ1v) is 6.40. The number of halogens is 4. The van der Waals surface area contributed by atoms with Crippen LogP contribution in [0.4, 0.5) is 24.8 Å². The molecule has 0 unspecified atom stereocenters. The first-order valence-electron chi connectivity index (χ1n) is 6.02. The van der Waals surface area contributed by atoms with Crippen LogP contribution in [0.2, 0.25) is 5.02 Å². The van der Waals surface area contributed by atoms with Gasteiger partial charge in [-0.1, -0.05) is 23.7 Å². The molecule has 0 spiro atoms. The molecule has 0 saturated heterocycles. The van der Waals surface area contributed by atoms with Crippen LogP contribution < -0.4 is 5.32 Å². The van der Waals surface area contributed by atoms with Gasteiger partial charge in [0.05, 0.1) is 22.3 Å². The number of nitrogens with zero attached hydrogens (tertiary/aromatic N) is 1. The molecule has 0 saturated carbocycles. The highest BCUT2D eigenvalue weighted by molar-refractivity contribution is 6.31. The summed E-state index contributed by atoms with van der Waals surface area (Å²) in [5, 5.41) is 3.18. The summed E-state index contributed by atoms with van der Waals surface area (Å²) < 4.78 is 38.8. The average Bonchev–Trinajstić information content (AvgIpc) is 2.79. The second-order valence-electron chi connectivity index (χ2n) is 4.42. The predicted octanol–water partition coefficient (Wildman–Crippen LogP) is 4.98. The summed E-state index contributed by atoms with van der Waals surface area (Å²) >= 11 is 5.86. The van der Waals surface area contributed by atoms with Crippen molar-refractivity contribution in [3.05, 3.63) is 53.1 Å². The number of imidazole rings is 1. The van der Waals surface area contributed by atoms with Crippen LogP contribution in [0.3, 0.4) is 0 Å². The molecular weight excluding hydrogens is 303 g/mol. The highest BCUT2D eigenvalue weighted by atomic mass is 35.5. The van der Waals surface area contributed by atoms with E-state index >= 15 is 0 Å². The lowest BCUT2D eigenvalue weighted by Gasteiger charge is -2.12. The highest BCUT2D eigenvalue weighted by Gasteiger charge is 2.33. The van der Waals surface area contributed by atoms with Crippen molar-refractivity contribution in [3.63, 3.8) is 0 Å². The van der Waals surface area contributed by atoms with Crippen molar-refractivity contribution in [2.75, 3.05) is 5.32 Å². The molecule has 0 aliphatic rings. The maximum Gasteiger partial charge on any atom is 0.418 e. The molecule has 0 aliphatic heterocycles. The van der Waals surface area contributed by atoms with Crippen LogP contribution in [0, 0.1) is 0 Å². The standard InChI is InChI=1S/C14H9ClF3N3/c15-8-5-6-11-12(7-8)21-13(20-11)19-10-4-2-1-3-9(10)14(16,17)18/h1-7H,(H2,19,20,21). The zero-order valence-corrected chi connectivity index (χ0v) is 11.3. The Bertz CT molecular complexity index is 796. The Morgan fingerprint density at radius 1 is 1.10 bits per heavy atom. The molecular formula is C14H9ClF3N3. The number of alkyl halides is 3. The molecule has 3 aromatic rings. The SMILES string of the molecule is FC(F)(F)c1ccccc1Nc1nc2ccc(Cl)cc2[nH]1. The van der Waals surface area contributed by atoms with Crippen LogP contribution in [0.15, 0.2) is 42.5 Å². The molecule has 0 fully saturated rings. The lowest BCUT2D eigenvalue weighted by Crippen LogP contribution is -2.08. The molecule has 0 radical (unpaired) electrons. The van der Waals surface area contributed by atoms with E-state index in [0.717, 1.165) is 6.07 Å². The summed E-state index contributed by atoms with van der Waals surface area (Å²) in [7, 11) is 0. The van der Waals surface area contributed by atoms with Gasteiger partial charge >= 0.3 is 6.18 Å². The normalized spacial score (nSPS) is 11.8. The van der Waals surface area contributed by atoms with E-state index in [9.17, 15) is 13.2 Å². The molecule has 108 valence electrons. The second-order valence-corrected chi connectivity index (χ2v) is 4.85. The molecule has 1 aromatic heterocycles. The zero-order chi connectivity index (χ0) is 15.0. The number of aromatic nitrogens is 2. The van der Waals surface area contributed by atoms with Crippen molar-refractivity contribution < 1.29 is 13.2 Å². The Balaban J connectivity index is 1.99. The van der Waals surface area contributed by atoms with Gasteiger partial charge in [0, 0.05) is 5.02 Å². The van der Waals surface area contributed by atoms with E-state index in [1.807, 2.05) is 0 Å². The highest BCUT2D eigenvalue weighted by Crippen LogP contribution is 2.35. The maximum atomic E-state index is 12.9. The lowest BCUT2D eigenvalue weighted by molar-refractivity contribution is -0.136. The maximum absolute atomic E-state index is 12.9. The molecule has 0 bridgehead atoms. The Morgan fingerprint density at radius 3 is 2.62 bits per heavy atom. The number of para-hydroxylation sites is 1. The second kappa shape index (κ2) is 4.96. The number of fused-ring (bicyclic) bond motifs is 1. The molecule has 2 aromatic carbocycles. The number of hydrogen-bond donors (Lipinski definition) is 2. The van der Waals surface area contributed by atoms with Gasteiger partial charge in [0.25, 0.3) is 0 Å². The molecule has 21 heavy (non-hydrogen) atoms. The third-order valence-corrected chi connectivity index (χ3v) is 3.16. The number of H-pyrrole nitrogens is 1. The lowest BCUT2D eigenvalue weighted by atomic mass is 10.1. The molecule has 3 nitrogen and oxygen atoms in total. The molecule has 0 amide bonds. The number of aromatic amines is 1. The number of hydrogen-bond acceptors (Lipinski definition) is 2. The van der Waals surface area contributed by atoms with E-state index in [4.69, 9.17) is 11.6 Å². The van der Waals surface area contributed by atoms with Gasteiger partial charge < -0.3 is 10.3 Å². The average molecular weight is 312 g/mol. The van der Waals surface area contributed by atoms with Crippen LogP contribution >= 0.6 is 11.6 Å². The van der Waals surface area contributed by atoms with E-state index in [-0.39, 0.29) is 11.6 Å². The van der Waals surface area contributed by atoms with E-state index in [0.29, 0.717) is 16.1 Å². The number of rotatable bonds is 2. The Kier molecular flexibility index (Phi) is 3.25. The zero-order valence-electron chi connectivity index (χ0n) is 10.5. The summed E-state index contributed by atoms with van der Waals surface area (Å²) in [6, 6.07) is 10.2. The van der Waals surface area contributed by atoms with Gasteiger partial charge in [-0.3, -0.25) is 0 Å². The van der Waals surface area contributed by atoms with Gasteiger partial charge in [0.2, 0.25) is 5.95 Å². The predicted molar refractivity (Wildman–Crippen MR) is 75.8 cm³/mol. The first kappa shape index (κ1) is 13.8. The molecule has 0 aliphatic carbocycles. The van der Waals surface area contributed by atoms with Crippen LogP contribution in [0.5, 0.6) is 0 Å². The third-order valence-electron chi connectivity index (χ3n) is 2.93. The number of benzene rings is 2. The summed E-state index contributed by atoms with van der Waals surface area (Å²) in [4.78, 5) is 7.07. The van der Waals surface area contributed by atoms with Gasteiger partial charge in [-0.15, -0.1) is 0 Å². The smallest absolute Gasteiger partial charge is 0.325 e. The molecule has 0 atom stereocenters. The number of anilines is 2. The van der Waals surface area contributed by atoms with Gasteiger partial charge in [-0.2, -0.15) is 13.2 Å². The minimum Gasteiger partial charge on any atom is -0.325 e. The van der Waals surface area contributed by atoms with Crippen molar-refractivity contribution >= 4 is 34.3 Å². The van der Waals surface area contributed by atoms with Crippen LogP contribution in [-0.2, 0) is 6.18 Å². The van der Waals surface area contributed by atoms with Crippen molar-refractivity contribution in [1.29, 1.82) is 0 Å². The van der Waals surface area contributed by atoms with Crippen molar-refractivity contribution in [1.82, 2.24) is 9.97 Å². The Hall–Kier alpha value is -2.21. The van der Waals surface area contributed by atoms with E-state index in [2.05, 4.69) is 15.3 Å². The largest absolute Gasteiger partial charge is 0.418 e. The van der Waals surface area contributed by atoms with E-state index < -0.39 is 11.7 Å². The van der Waals surface area contributed by atoms with Crippen LogP contribution in [0.25, 0.3) is 11.0 Å². The van der Waals surface area contributed by atoms with Crippen LogP contribution in [-0.4, -0.2) is 9.97 Å². The van der Waals surface area contributed by atoms with Gasteiger partial charge in [-0.25, -0.2) is 4.98 Å². The van der Waals surface area contributed by atoms with E-state index in [1.54, 1.807) is 18.2 Å². The van der Waals surface area contributed by atoms with Gasteiger partial charge in [0.15, 0.2) is 0 Å². The summed E-state index contributed by atoms with van der Waals surface area (Å²) in [5.74, 6) is 0.226. The number of nitrogens with one attached hydrogen (secondary N) is 2. The van der Waals surface area contributed by atoms with E-state index in [1.165, 1.54) is 18.2 Å². The summed E-state index contributed by atoms with van der Waals surface area (Å²) in [5.41, 5.74) is 0.458. The molecule has 3 rings (SSSR count). The fourth-order valence-corrected chi connectivity index (χ4v) is 2.18. The fraction of sp³-hybridized carbons (Fsp3) is 0.0714. The minimum atomic E-state index is -4.43. The fourth-order valence-electron chi connectivity index (χ4n) is 2.01. The minimum absolute atomic E-state index is 0.0600. The first-order chi connectivity index (χ1) is 9.93.